The van der Waals surface area contributed by atoms with Crippen LogP contribution in [0.1, 0.15) is 31.4 Å². The Morgan fingerprint density at radius 3 is 2.03 bits per heavy atom. The zero-order valence-electron chi connectivity index (χ0n) is 18.2. The molecule has 0 saturated heterocycles. The Balaban J connectivity index is 1.91. The highest BCUT2D eigenvalue weighted by Gasteiger charge is 2.22. The van der Waals surface area contributed by atoms with Gasteiger partial charge in [-0.25, -0.2) is 4.79 Å². The van der Waals surface area contributed by atoms with Gasteiger partial charge in [-0.15, -0.1) is 0 Å². The lowest BCUT2D eigenvalue weighted by Crippen LogP contribution is -2.48. The van der Waals surface area contributed by atoms with E-state index in [4.69, 9.17) is 14.2 Å². The highest BCUT2D eigenvalue weighted by molar-refractivity contribution is 5.85. The number of amides is 2. The number of carbonyl (C=O) groups is 2. The summed E-state index contributed by atoms with van der Waals surface area (Å²) in [4.78, 5) is 25.1. The number of hydrogen-bond acceptors (Lipinski definition) is 5. The van der Waals surface area contributed by atoms with Gasteiger partial charge in [-0.2, -0.15) is 0 Å². The average Bonchev–Trinajstić information content (AvgIpc) is 2.79. The molecule has 0 spiro atoms. The van der Waals surface area contributed by atoms with E-state index in [1.54, 1.807) is 0 Å². The van der Waals surface area contributed by atoms with Gasteiger partial charge in [0.2, 0.25) is 5.91 Å². The molecule has 0 unspecified atom stereocenters. The molecule has 2 aromatic rings. The standard InChI is InChI=1S/C24H32N2O5/c1-3-29-22(30-4-2)15-16-25-23(27)21(17-19-11-7-5-8-12-19)26-24(28)31-18-20-13-9-6-10-14-20/h5-14,21-22H,3-4,15-18H2,1-2H3,(H,25,27)(H,26,28)/t21-/m0/s1. The predicted octanol–water partition coefficient (Wildman–Crippen LogP) is 3.43. The van der Waals surface area contributed by atoms with Crippen LogP contribution >= 0.6 is 0 Å². The molecule has 2 rings (SSSR count). The number of ether oxygens (including phenoxy) is 3. The van der Waals surface area contributed by atoms with Gasteiger partial charge in [-0.05, 0) is 25.0 Å². The zero-order chi connectivity index (χ0) is 22.3. The highest BCUT2D eigenvalue weighted by Crippen LogP contribution is 2.06. The summed E-state index contributed by atoms with van der Waals surface area (Å²) >= 11 is 0. The fourth-order valence-electron chi connectivity index (χ4n) is 2.99. The zero-order valence-corrected chi connectivity index (χ0v) is 18.2. The second-order valence-electron chi connectivity index (χ2n) is 6.87. The van der Waals surface area contributed by atoms with Gasteiger partial charge in [-0.1, -0.05) is 60.7 Å². The van der Waals surface area contributed by atoms with Crippen molar-refractivity contribution < 1.29 is 23.8 Å². The van der Waals surface area contributed by atoms with Gasteiger partial charge in [0, 0.05) is 32.6 Å². The summed E-state index contributed by atoms with van der Waals surface area (Å²) in [5.41, 5.74) is 1.81. The summed E-state index contributed by atoms with van der Waals surface area (Å²) in [5, 5.41) is 5.55. The van der Waals surface area contributed by atoms with Crippen LogP contribution in [0.5, 0.6) is 0 Å². The van der Waals surface area contributed by atoms with Crippen molar-refractivity contribution in [2.75, 3.05) is 19.8 Å². The van der Waals surface area contributed by atoms with E-state index in [0.29, 0.717) is 32.6 Å². The summed E-state index contributed by atoms with van der Waals surface area (Å²) in [7, 11) is 0. The smallest absolute Gasteiger partial charge is 0.408 e. The van der Waals surface area contributed by atoms with E-state index in [9.17, 15) is 9.59 Å². The van der Waals surface area contributed by atoms with E-state index < -0.39 is 12.1 Å². The van der Waals surface area contributed by atoms with Crippen LogP contribution < -0.4 is 10.6 Å². The molecule has 2 N–H and O–H groups in total. The Labute approximate surface area is 184 Å². The lowest BCUT2D eigenvalue weighted by Gasteiger charge is -2.20. The van der Waals surface area contributed by atoms with Crippen molar-refractivity contribution >= 4 is 12.0 Å². The van der Waals surface area contributed by atoms with Gasteiger partial charge >= 0.3 is 6.09 Å². The van der Waals surface area contributed by atoms with Gasteiger partial charge in [0.05, 0.1) is 0 Å². The van der Waals surface area contributed by atoms with E-state index in [1.807, 2.05) is 74.5 Å². The lowest BCUT2D eigenvalue weighted by atomic mass is 10.1. The van der Waals surface area contributed by atoms with E-state index in [1.165, 1.54) is 0 Å². The first-order valence-electron chi connectivity index (χ1n) is 10.6. The van der Waals surface area contributed by atoms with Gasteiger partial charge in [0.1, 0.15) is 12.6 Å². The molecular weight excluding hydrogens is 396 g/mol. The van der Waals surface area contributed by atoms with Crippen LogP contribution in [-0.2, 0) is 32.0 Å². The van der Waals surface area contributed by atoms with Gasteiger partial charge in [0.15, 0.2) is 6.29 Å². The average molecular weight is 429 g/mol. The third-order valence-corrected chi connectivity index (χ3v) is 4.49. The molecule has 168 valence electrons. The van der Waals surface area contributed by atoms with E-state index >= 15 is 0 Å². The maximum atomic E-state index is 12.8. The number of rotatable bonds is 13. The normalized spacial score (nSPS) is 11.7. The molecule has 0 aromatic heterocycles. The van der Waals surface area contributed by atoms with Crippen LogP contribution in [0.3, 0.4) is 0 Å². The Morgan fingerprint density at radius 2 is 1.45 bits per heavy atom. The quantitative estimate of drug-likeness (QED) is 0.478. The number of carbonyl (C=O) groups excluding carboxylic acids is 2. The molecule has 1 atom stereocenters. The lowest BCUT2D eigenvalue weighted by molar-refractivity contribution is -0.140. The Hall–Kier alpha value is -2.90. The molecule has 7 nitrogen and oxygen atoms in total. The molecule has 0 fully saturated rings. The third kappa shape index (κ3) is 9.63. The molecule has 2 amide bonds. The van der Waals surface area contributed by atoms with Crippen molar-refractivity contribution in [3.05, 3.63) is 71.8 Å². The summed E-state index contributed by atoms with van der Waals surface area (Å²) in [6.07, 6.45) is -0.134. The van der Waals surface area contributed by atoms with Crippen LogP contribution in [0, 0.1) is 0 Å². The number of benzene rings is 2. The Morgan fingerprint density at radius 1 is 0.871 bits per heavy atom. The van der Waals surface area contributed by atoms with Crippen molar-refractivity contribution in [3.8, 4) is 0 Å². The second kappa shape index (κ2) is 14.2. The Kier molecular flexibility index (Phi) is 11.1. The first kappa shape index (κ1) is 24.4. The van der Waals surface area contributed by atoms with Crippen LogP contribution in [-0.4, -0.2) is 44.1 Å². The van der Waals surface area contributed by atoms with Crippen LogP contribution in [0.15, 0.2) is 60.7 Å². The van der Waals surface area contributed by atoms with Gasteiger partial charge in [-0.3, -0.25) is 4.79 Å². The highest BCUT2D eigenvalue weighted by atomic mass is 16.7. The van der Waals surface area contributed by atoms with E-state index in [2.05, 4.69) is 10.6 Å². The molecule has 0 aliphatic carbocycles. The minimum Gasteiger partial charge on any atom is -0.445 e. The monoisotopic (exact) mass is 428 g/mol. The Bertz CT molecular complexity index is 764. The summed E-state index contributed by atoms with van der Waals surface area (Å²) in [5.74, 6) is -0.285. The fraction of sp³-hybridized carbons (Fsp3) is 0.417. The van der Waals surface area contributed by atoms with Crippen molar-refractivity contribution in [3.63, 3.8) is 0 Å². The maximum absolute atomic E-state index is 12.8. The van der Waals surface area contributed by atoms with Crippen LogP contribution in [0.4, 0.5) is 4.79 Å². The molecule has 2 aromatic carbocycles. The van der Waals surface area contributed by atoms with Crippen molar-refractivity contribution in [2.24, 2.45) is 0 Å². The van der Waals surface area contributed by atoms with E-state index in [0.717, 1.165) is 11.1 Å². The van der Waals surface area contributed by atoms with Crippen molar-refractivity contribution in [1.82, 2.24) is 10.6 Å². The van der Waals surface area contributed by atoms with Gasteiger partial charge in [0.25, 0.3) is 0 Å². The molecule has 0 aliphatic rings. The van der Waals surface area contributed by atoms with Crippen molar-refractivity contribution in [1.29, 1.82) is 0 Å². The summed E-state index contributed by atoms with van der Waals surface area (Å²) in [6, 6.07) is 18.1. The molecule has 0 bridgehead atoms. The number of nitrogens with one attached hydrogen (secondary N) is 2. The van der Waals surface area contributed by atoms with Gasteiger partial charge < -0.3 is 24.8 Å². The number of alkyl carbamates (subject to hydrolysis) is 1. The molecule has 0 aliphatic heterocycles. The minimum atomic E-state index is -0.761. The number of hydrogen-bond donors (Lipinski definition) is 2. The molecule has 0 saturated carbocycles. The SMILES string of the molecule is CCOC(CCNC(=O)[C@H](Cc1ccccc1)NC(=O)OCc1ccccc1)OCC. The topological polar surface area (TPSA) is 85.9 Å². The summed E-state index contributed by atoms with van der Waals surface area (Å²) in [6.45, 7) is 5.36. The van der Waals surface area contributed by atoms with Crippen molar-refractivity contribution in [2.45, 2.75) is 45.6 Å². The van der Waals surface area contributed by atoms with Crippen LogP contribution in [0.25, 0.3) is 0 Å². The van der Waals surface area contributed by atoms with E-state index in [-0.39, 0.29) is 18.8 Å². The minimum absolute atomic E-state index is 0.136. The summed E-state index contributed by atoms with van der Waals surface area (Å²) < 4.78 is 16.3. The molecule has 0 radical (unpaired) electrons. The maximum Gasteiger partial charge on any atom is 0.408 e. The molecule has 0 heterocycles. The molecule has 7 heteroatoms. The first-order chi connectivity index (χ1) is 15.1. The molecule has 31 heavy (non-hydrogen) atoms. The van der Waals surface area contributed by atoms with Crippen LogP contribution in [0.2, 0.25) is 0 Å². The first-order valence-corrected chi connectivity index (χ1v) is 10.6. The second-order valence-corrected chi connectivity index (χ2v) is 6.87. The predicted molar refractivity (Wildman–Crippen MR) is 118 cm³/mol. The fourth-order valence-corrected chi connectivity index (χ4v) is 2.99. The largest absolute Gasteiger partial charge is 0.445 e. The molecular formula is C24H32N2O5. The third-order valence-electron chi connectivity index (χ3n) is 4.49.